The van der Waals surface area contributed by atoms with Crippen LogP contribution in [0.4, 0.5) is 0 Å². The van der Waals surface area contributed by atoms with Crippen molar-refractivity contribution in [1.29, 1.82) is 0 Å². The van der Waals surface area contributed by atoms with Crippen molar-refractivity contribution in [3.63, 3.8) is 0 Å². The summed E-state index contributed by atoms with van der Waals surface area (Å²) in [7, 11) is 0. The van der Waals surface area contributed by atoms with Crippen molar-refractivity contribution < 1.29 is 0 Å². The van der Waals surface area contributed by atoms with Gasteiger partial charge in [-0.2, -0.15) is 0 Å². The highest BCUT2D eigenvalue weighted by Crippen LogP contribution is 2.55. The maximum atomic E-state index is 2.31. The van der Waals surface area contributed by atoms with E-state index in [9.17, 15) is 0 Å². The third-order valence-electron chi connectivity index (χ3n) is 7.22. The second-order valence-electron chi connectivity index (χ2n) is 8.91. The first-order chi connectivity index (χ1) is 16.3. The lowest BCUT2D eigenvalue weighted by Crippen LogP contribution is -2.07. The van der Waals surface area contributed by atoms with Gasteiger partial charge in [-0.15, -0.1) is 0 Å². The molecule has 33 heavy (non-hydrogen) atoms. The van der Waals surface area contributed by atoms with Crippen LogP contribution in [-0.2, 0) is 0 Å². The molecule has 0 radical (unpaired) electrons. The molecule has 5 aromatic rings. The predicted octanol–water partition coefficient (Wildman–Crippen LogP) is 8.96. The van der Waals surface area contributed by atoms with Gasteiger partial charge in [-0.1, -0.05) is 115 Å². The Morgan fingerprint density at radius 1 is 0.394 bits per heavy atom. The first-order valence-corrected chi connectivity index (χ1v) is 11.6. The van der Waals surface area contributed by atoms with Crippen molar-refractivity contribution in [3.05, 3.63) is 132 Å². The molecule has 0 heteroatoms. The molecule has 0 aliphatic heterocycles. The van der Waals surface area contributed by atoms with E-state index in [0.29, 0.717) is 0 Å². The highest BCUT2D eigenvalue weighted by Gasteiger charge is 2.31. The maximum absolute atomic E-state index is 2.31. The van der Waals surface area contributed by atoms with Crippen LogP contribution in [0.1, 0.15) is 23.6 Å². The van der Waals surface area contributed by atoms with Gasteiger partial charge in [0.2, 0.25) is 0 Å². The topological polar surface area (TPSA) is 0 Å². The first kappa shape index (κ1) is 18.4. The lowest BCUT2D eigenvalue weighted by atomic mass is 9.71. The molecule has 0 unspecified atom stereocenters. The molecule has 0 atom stereocenters. The van der Waals surface area contributed by atoms with Gasteiger partial charge >= 0.3 is 0 Å². The summed E-state index contributed by atoms with van der Waals surface area (Å²) >= 11 is 0. The lowest BCUT2D eigenvalue weighted by molar-refractivity contribution is 1.44. The molecule has 0 fully saturated rings. The molecular formula is C33H22. The summed E-state index contributed by atoms with van der Waals surface area (Å²) < 4.78 is 0. The number of allylic oxidation sites excluding steroid dienone is 1. The normalized spacial score (nSPS) is 11.8. The zero-order valence-corrected chi connectivity index (χ0v) is 18.5. The molecule has 154 valence electrons. The number of hydrogen-bond acceptors (Lipinski definition) is 0. The van der Waals surface area contributed by atoms with E-state index in [1.54, 1.807) is 0 Å². The first-order valence-electron chi connectivity index (χ1n) is 11.6. The standard InChI is InChI=1S/C33H22/c1-21(22-11-3-2-4-12-22)31(29-19-9-17-27-23-13-5-7-15-25(23)32(27)29)30-20-10-18-28-24-14-6-8-16-26(24)33(28)30/h2-20H,1H3. The van der Waals surface area contributed by atoms with Crippen LogP contribution in [0.15, 0.2) is 115 Å². The summed E-state index contributed by atoms with van der Waals surface area (Å²) in [5.41, 5.74) is 17.5. The fourth-order valence-corrected chi connectivity index (χ4v) is 5.68. The fraction of sp³-hybridized carbons (Fsp3) is 0.0303. The number of benzene rings is 5. The van der Waals surface area contributed by atoms with E-state index >= 15 is 0 Å². The Kier molecular flexibility index (Phi) is 3.86. The molecule has 0 N–H and O–H groups in total. The van der Waals surface area contributed by atoms with E-state index in [1.807, 2.05) is 0 Å². The Morgan fingerprint density at radius 3 is 1.33 bits per heavy atom. The van der Waals surface area contributed by atoms with E-state index in [1.165, 1.54) is 72.3 Å². The van der Waals surface area contributed by atoms with Gasteiger partial charge in [0.25, 0.3) is 0 Å². The molecule has 7 rings (SSSR count). The molecule has 0 nitrogen and oxygen atoms in total. The Morgan fingerprint density at radius 2 is 0.818 bits per heavy atom. The molecule has 0 saturated carbocycles. The predicted molar refractivity (Wildman–Crippen MR) is 140 cm³/mol. The van der Waals surface area contributed by atoms with Crippen LogP contribution in [0.25, 0.3) is 55.7 Å². The van der Waals surface area contributed by atoms with Crippen LogP contribution in [0.3, 0.4) is 0 Å². The van der Waals surface area contributed by atoms with Crippen molar-refractivity contribution in [3.8, 4) is 44.5 Å². The molecule has 2 aliphatic carbocycles. The van der Waals surface area contributed by atoms with E-state index in [2.05, 4.69) is 122 Å². The number of hydrogen-bond donors (Lipinski definition) is 0. The highest BCUT2D eigenvalue weighted by atomic mass is 14.3. The van der Waals surface area contributed by atoms with Gasteiger partial charge in [0.15, 0.2) is 0 Å². The average Bonchev–Trinajstić information content (AvgIpc) is 2.86. The summed E-state index contributed by atoms with van der Waals surface area (Å²) in [6, 6.07) is 41.9. The van der Waals surface area contributed by atoms with Crippen LogP contribution in [-0.4, -0.2) is 0 Å². The van der Waals surface area contributed by atoms with Crippen LogP contribution < -0.4 is 0 Å². The average molecular weight is 419 g/mol. The van der Waals surface area contributed by atoms with Crippen molar-refractivity contribution in [1.82, 2.24) is 0 Å². The molecule has 0 bridgehead atoms. The second kappa shape index (κ2) is 6.92. The summed E-state index contributed by atoms with van der Waals surface area (Å²) in [5, 5.41) is 0. The third-order valence-corrected chi connectivity index (χ3v) is 7.22. The summed E-state index contributed by atoms with van der Waals surface area (Å²) in [4.78, 5) is 0. The zero-order valence-electron chi connectivity index (χ0n) is 18.5. The van der Waals surface area contributed by atoms with Crippen LogP contribution in [0.2, 0.25) is 0 Å². The fourth-order valence-electron chi connectivity index (χ4n) is 5.68. The van der Waals surface area contributed by atoms with E-state index < -0.39 is 0 Å². The van der Waals surface area contributed by atoms with Crippen LogP contribution in [0.5, 0.6) is 0 Å². The minimum atomic E-state index is 1.27. The molecule has 0 heterocycles. The van der Waals surface area contributed by atoms with E-state index in [0.717, 1.165) is 0 Å². The van der Waals surface area contributed by atoms with Crippen molar-refractivity contribution in [2.24, 2.45) is 0 Å². The van der Waals surface area contributed by atoms with Crippen LogP contribution >= 0.6 is 0 Å². The molecule has 0 spiro atoms. The molecule has 0 amide bonds. The summed E-state index contributed by atoms with van der Waals surface area (Å²) in [5.74, 6) is 0. The third kappa shape index (κ3) is 2.52. The number of rotatable bonds is 3. The Hall–Kier alpha value is -4.16. The van der Waals surface area contributed by atoms with Gasteiger partial charge in [0.1, 0.15) is 0 Å². The summed E-state index contributed by atoms with van der Waals surface area (Å²) in [6.07, 6.45) is 0. The molecule has 5 aromatic carbocycles. The van der Waals surface area contributed by atoms with E-state index in [-0.39, 0.29) is 0 Å². The van der Waals surface area contributed by atoms with Crippen LogP contribution in [0, 0.1) is 0 Å². The largest absolute Gasteiger partial charge is 0.0622 e. The summed E-state index contributed by atoms with van der Waals surface area (Å²) in [6.45, 7) is 2.28. The smallest absolute Gasteiger partial charge is 0.00200 e. The quantitative estimate of drug-likeness (QED) is 0.251. The lowest BCUT2D eigenvalue weighted by Gasteiger charge is -2.32. The molecule has 2 aliphatic rings. The van der Waals surface area contributed by atoms with E-state index in [4.69, 9.17) is 0 Å². The molecular weight excluding hydrogens is 396 g/mol. The van der Waals surface area contributed by atoms with Crippen molar-refractivity contribution in [2.75, 3.05) is 0 Å². The van der Waals surface area contributed by atoms with Gasteiger partial charge in [-0.3, -0.25) is 0 Å². The van der Waals surface area contributed by atoms with Gasteiger partial charge in [0, 0.05) is 0 Å². The molecule has 0 aromatic heterocycles. The van der Waals surface area contributed by atoms with Crippen molar-refractivity contribution in [2.45, 2.75) is 6.92 Å². The Balaban J connectivity index is 1.54. The monoisotopic (exact) mass is 418 g/mol. The zero-order chi connectivity index (χ0) is 21.9. The minimum absolute atomic E-state index is 1.27. The van der Waals surface area contributed by atoms with Crippen molar-refractivity contribution >= 4 is 11.1 Å². The SMILES string of the molecule is CC(=C(c1cccc2c1-c1ccccc1-2)c1cccc2c1-c1ccccc1-2)c1ccccc1. The maximum Gasteiger partial charge on any atom is -0.00200 e. The van der Waals surface area contributed by atoms with Gasteiger partial charge in [0.05, 0.1) is 0 Å². The Labute approximate surface area is 194 Å². The van der Waals surface area contributed by atoms with Gasteiger partial charge < -0.3 is 0 Å². The minimum Gasteiger partial charge on any atom is -0.0622 e. The van der Waals surface area contributed by atoms with Gasteiger partial charge in [-0.05, 0) is 79.3 Å². The number of fused-ring (bicyclic) bond motifs is 8. The Bertz CT molecular complexity index is 1500. The second-order valence-corrected chi connectivity index (χ2v) is 8.91. The highest BCUT2D eigenvalue weighted by molar-refractivity contribution is 6.16. The van der Waals surface area contributed by atoms with Gasteiger partial charge in [-0.25, -0.2) is 0 Å². The molecule has 0 saturated heterocycles.